The first-order valence-electron chi connectivity index (χ1n) is 8.53. The Kier molecular flexibility index (Phi) is 4.68. The Balaban J connectivity index is 1.71. The van der Waals surface area contributed by atoms with Crippen molar-refractivity contribution in [1.29, 1.82) is 0 Å². The molecule has 1 aromatic rings. The fraction of sp³-hybridized carbons (Fsp3) is 0.812. The van der Waals surface area contributed by atoms with E-state index < -0.39 is 0 Å². The minimum absolute atomic E-state index is 0.0763. The fourth-order valence-corrected chi connectivity index (χ4v) is 3.84. The third kappa shape index (κ3) is 3.40. The zero-order chi connectivity index (χ0) is 16.4. The lowest BCUT2D eigenvalue weighted by atomic mass is 9.86. The van der Waals surface area contributed by atoms with Crippen molar-refractivity contribution < 1.29 is 9.21 Å². The quantitative estimate of drug-likeness (QED) is 0.824. The lowest BCUT2D eigenvalue weighted by Gasteiger charge is -2.49. The molecule has 1 atom stereocenters. The smallest absolute Gasteiger partial charge is 0.230 e. The van der Waals surface area contributed by atoms with Gasteiger partial charge in [-0.05, 0) is 26.8 Å². The molecule has 0 radical (unpaired) electrons. The number of aryl methyl sites for hydroxylation is 1. The van der Waals surface area contributed by atoms with E-state index in [9.17, 15) is 4.79 Å². The molecule has 2 aliphatic rings. The molecular formula is C16H27N5O2. The van der Waals surface area contributed by atoms with Gasteiger partial charge in [0.15, 0.2) is 0 Å². The predicted octanol–water partition coefficient (Wildman–Crippen LogP) is 0.897. The van der Waals surface area contributed by atoms with E-state index in [1.165, 1.54) is 0 Å². The summed E-state index contributed by atoms with van der Waals surface area (Å²) in [7, 11) is 2.19. The number of carbonyl (C=O) groups is 1. The lowest BCUT2D eigenvalue weighted by molar-refractivity contribution is -0.130. The number of likely N-dealkylation sites (tertiary alicyclic amines) is 1. The second-order valence-electron chi connectivity index (χ2n) is 6.79. The van der Waals surface area contributed by atoms with Crippen LogP contribution in [-0.4, -0.2) is 76.1 Å². The van der Waals surface area contributed by atoms with Gasteiger partial charge in [-0.15, -0.1) is 10.2 Å². The number of hydrogen-bond donors (Lipinski definition) is 0. The van der Waals surface area contributed by atoms with Crippen LogP contribution in [0.25, 0.3) is 0 Å². The van der Waals surface area contributed by atoms with E-state index in [4.69, 9.17) is 4.42 Å². The molecule has 1 spiro atoms. The molecule has 0 bridgehead atoms. The van der Waals surface area contributed by atoms with E-state index in [1.54, 1.807) is 0 Å². The normalized spacial score (nSPS) is 27.6. The van der Waals surface area contributed by atoms with Gasteiger partial charge < -0.3 is 9.32 Å². The van der Waals surface area contributed by atoms with Gasteiger partial charge in [-0.3, -0.25) is 14.6 Å². The van der Waals surface area contributed by atoms with E-state index in [0.29, 0.717) is 30.7 Å². The Bertz CT molecular complexity index is 560. The highest BCUT2D eigenvalue weighted by atomic mass is 16.4. The molecular weight excluding hydrogens is 294 g/mol. The molecule has 23 heavy (non-hydrogen) atoms. The summed E-state index contributed by atoms with van der Waals surface area (Å²) in [5, 5.41) is 8.03. The fourth-order valence-electron chi connectivity index (χ4n) is 3.84. The summed E-state index contributed by atoms with van der Waals surface area (Å²) in [6.45, 7) is 9.19. The second-order valence-corrected chi connectivity index (χ2v) is 6.79. The molecule has 0 N–H and O–H groups in total. The number of aromatic nitrogens is 2. The SMILES string of the molecule is CCN1CCC2(CCC1=O)CN(Cc1nnc(C)o1)CCN2C. The van der Waals surface area contributed by atoms with Crippen LogP contribution in [0.15, 0.2) is 4.42 Å². The van der Waals surface area contributed by atoms with Gasteiger partial charge in [0.2, 0.25) is 17.7 Å². The topological polar surface area (TPSA) is 65.7 Å². The summed E-state index contributed by atoms with van der Waals surface area (Å²) in [5.41, 5.74) is 0.0763. The second kappa shape index (κ2) is 6.57. The number of piperazine rings is 1. The average Bonchev–Trinajstić information content (AvgIpc) is 2.86. The number of nitrogens with zero attached hydrogens (tertiary/aromatic N) is 5. The van der Waals surface area contributed by atoms with Crippen LogP contribution >= 0.6 is 0 Å². The third-order valence-corrected chi connectivity index (χ3v) is 5.39. The molecule has 128 valence electrons. The van der Waals surface area contributed by atoms with Crippen LogP contribution < -0.4 is 0 Å². The highest BCUT2D eigenvalue weighted by molar-refractivity contribution is 5.76. The molecule has 3 heterocycles. The summed E-state index contributed by atoms with van der Waals surface area (Å²) < 4.78 is 5.53. The van der Waals surface area contributed by atoms with Crippen molar-refractivity contribution in [2.24, 2.45) is 0 Å². The maximum Gasteiger partial charge on any atom is 0.230 e. The molecule has 1 unspecified atom stereocenters. The van der Waals surface area contributed by atoms with E-state index in [1.807, 2.05) is 11.8 Å². The Labute approximate surface area is 137 Å². The molecule has 2 saturated heterocycles. The molecule has 7 heteroatoms. The highest BCUT2D eigenvalue weighted by Crippen LogP contribution is 2.32. The molecule has 2 fully saturated rings. The van der Waals surface area contributed by atoms with Gasteiger partial charge in [0.1, 0.15) is 0 Å². The van der Waals surface area contributed by atoms with Crippen LogP contribution in [0.5, 0.6) is 0 Å². The van der Waals surface area contributed by atoms with Crippen molar-refractivity contribution in [3.05, 3.63) is 11.8 Å². The maximum absolute atomic E-state index is 12.2. The van der Waals surface area contributed by atoms with Crippen LogP contribution in [0, 0.1) is 6.92 Å². The van der Waals surface area contributed by atoms with Crippen molar-refractivity contribution in [3.63, 3.8) is 0 Å². The van der Waals surface area contributed by atoms with Crippen molar-refractivity contribution in [2.45, 2.75) is 45.2 Å². The van der Waals surface area contributed by atoms with Gasteiger partial charge in [-0.25, -0.2) is 0 Å². The van der Waals surface area contributed by atoms with Gasteiger partial charge in [0, 0.05) is 51.6 Å². The van der Waals surface area contributed by atoms with E-state index >= 15 is 0 Å². The van der Waals surface area contributed by atoms with Crippen LogP contribution in [0.1, 0.15) is 38.0 Å². The van der Waals surface area contributed by atoms with Crippen molar-refractivity contribution in [1.82, 2.24) is 24.9 Å². The van der Waals surface area contributed by atoms with E-state index in [2.05, 4.69) is 34.0 Å². The molecule has 0 saturated carbocycles. The molecule has 3 rings (SSSR count). The number of rotatable bonds is 3. The van der Waals surface area contributed by atoms with E-state index in [0.717, 1.165) is 45.6 Å². The summed E-state index contributed by atoms with van der Waals surface area (Å²) in [6, 6.07) is 0. The van der Waals surface area contributed by atoms with E-state index in [-0.39, 0.29) is 5.54 Å². The van der Waals surface area contributed by atoms with Gasteiger partial charge in [-0.2, -0.15) is 0 Å². The number of likely N-dealkylation sites (N-methyl/N-ethyl adjacent to an activating group) is 1. The lowest BCUT2D eigenvalue weighted by Crippen LogP contribution is -2.60. The number of amides is 1. The largest absolute Gasteiger partial charge is 0.424 e. The van der Waals surface area contributed by atoms with Crippen LogP contribution in [0.2, 0.25) is 0 Å². The number of carbonyl (C=O) groups excluding carboxylic acids is 1. The van der Waals surface area contributed by atoms with Crippen molar-refractivity contribution >= 4 is 5.91 Å². The third-order valence-electron chi connectivity index (χ3n) is 5.39. The van der Waals surface area contributed by atoms with Gasteiger partial charge in [0.25, 0.3) is 0 Å². The molecule has 0 aliphatic carbocycles. The minimum Gasteiger partial charge on any atom is -0.424 e. The maximum atomic E-state index is 12.2. The zero-order valence-electron chi connectivity index (χ0n) is 14.4. The summed E-state index contributed by atoms with van der Waals surface area (Å²) in [4.78, 5) is 19.0. The van der Waals surface area contributed by atoms with Crippen LogP contribution in [0.4, 0.5) is 0 Å². The van der Waals surface area contributed by atoms with Gasteiger partial charge in [0.05, 0.1) is 6.54 Å². The Morgan fingerprint density at radius 2 is 2.04 bits per heavy atom. The Morgan fingerprint density at radius 3 is 2.74 bits per heavy atom. The Morgan fingerprint density at radius 1 is 1.22 bits per heavy atom. The summed E-state index contributed by atoms with van der Waals surface area (Å²) >= 11 is 0. The zero-order valence-corrected chi connectivity index (χ0v) is 14.4. The molecule has 2 aliphatic heterocycles. The molecule has 7 nitrogen and oxygen atoms in total. The first-order valence-corrected chi connectivity index (χ1v) is 8.53. The first kappa shape index (κ1) is 16.4. The standard InChI is InChI=1S/C16H27N5O2/c1-4-21-8-7-16(6-5-15(21)22)12-20(10-9-19(16)3)11-14-18-17-13(2)23-14/h4-12H2,1-3H3. The van der Waals surface area contributed by atoms with Gasteiger partial charge >= 0.3 is 0 Å². The summed E-state index contributed by atoms with van der Waals surface area (Å²) in [5.74, 6) is 1.59. The van der Waals surface area contributed by atoms with Crippen LogP contribution in [-0.2, 0) is 11.3 Å². The van der Waals surface area contributed by atoms with Crippen molar-refractivity contribution in [2.75, 3.05) is 39.8 Å². The van der Waals surface area contributed by atoms with Crippen LogP contribution in [0.3, 0.4) is 0 Å². The molecule has 0 aromatic carbocycles. The summed E-state index contributed by atoms with van der Waals surface area (Å²) in [6.07, 6.45) is 2.60. The van der Waals surface area contributed by atoms with Gasteiger partial charge in [-0.1, -0.05) is 0 Å². The predicted molar refractivity (Wildman–Crippen MR) is 85.8 cm³/mol. The van der Waals surface area contributed by atoms with Crippen molar-refractivity contribution in [3.8, 4) is 0 Å². The highest BCUT2D eigenvalue weighted by Gasteiger charge is 2.42. The average molecular weight is 321 g/mol. The number of hydrogen-bond acceptors (Lipinski definition) is 6. The molecule has 1 amide bonds. The Hall–Kier alpha value is -1.47. The first-order chi connectivity index (χ1) is 11.0. The molecule has 1 aromatic heterocycles. The minimum atomic E-state index is 0.0763. The monoisotopic (exact) mass is 321 g/mol.